The highest BCUT2D eigenvalue weighted by Gasteiger charge is 2.27. The summed E-state index contributed by atoms with van der Waals surface area (Å²) in [5.74, 6) is -0.673. The normalized spacial score (nSPS) is 14.7. The maximum absolute atomic E-state index is 11.6. The minimum Gasteiger partial charge on any atom is -0.493 e. The summed E-state index contributed by atoms with van der Waals surface area (Å²) in [5.41, 5.74) is 0.567. The summed E-state index contributed by atoms with van der Waals surface area (Å²) in [7, 11) is 0. The number of carbonyl (C=O) groups excluding carboxylic acids is 3. The highest BCUT2D eigenvalue weighted by atomic mass is 127. The van der Waals surface area contributed by atoms with Crippen LogP contribution < -0.4 is 15.4 Å². The van der Waals surface area contributed by atoms with Gasteiger partial charge in [0.15, 0.2) is 0 Å². The number of nitrogens with one attached hydrogen (secondary N) is 2. The number of rotatable bonds is 3. The van der Waals surface area contributed by atoms with Crippen molar-refractivity contribution >= 4 is 46.5 Å². The zero-order valence-electron chi connectivity index (χ0n) is 10.5. The second-order valence-corrected chi connectivity index (χ2v) is 5.08. The Bertz CT molecular complexity index is 603. The Morgan fingerprint density at radius 1 is 1.20 bits per heavy atom. The summed E-state index contributed by atoms with van der Waals surface area (Å²) >= 11 is 2.11. The van der Waals surface area contributed by atoms with Crippen LogP contribution in [-0.4, -0.2) is 24.5 Å². The first kappa shape index (κ1) is 14.5. The monoisotopic (exact) mass is 386 g/mol. The molecule has 1 saturated heterocycles. The zero-order valence-corrected chi connectivity index (χ0v) is 12.7. The van der Waals surface area contributed by atoms with Crippen LogP contribution in [0, 0.1) is 3.57 Å². The largest absolute Gasteiger partial charge is 0.493 e. The van der Waals surface area contributed by atoms with Crippen LogP contribution in [0.25, 0.3) is 6.08 Å². The standard InChI is InChI=1S/C13H11IN2O4/c1-2-20-10-4-3-7(6-9(10)14)5-8-11(17)15-13(19)16-12(8)18/h3-6H,2H2,1H3,(H2,15,16,17,18,19). The summed E-state index contributed by atoms with van der Waals surface area (Å²) in [6.07, 6.45) is 1.43. The first-order valence-corrected chi connectivity index (χ1v) is 6.90. The van der Waals surface area contributed by atoms with Gasteiger partial charge in [0.25, 0.3) is 11.8 Å². The molecule has 1 aliphatic heterocycles. The average Bonchev–Trinajstić information content (AvgIpc) is 2.37. The Morgan fingerprint density at radius 3 is 2.40 bits per heavy atom. The van der Waals surface area contributed by atoms with Crippen LogP contribution in [0.4, 0.5) is 4.79 Å². The zero-order chi connectivity index (χ0) is 14.7. The Kier molecular flexibility index (Phi) is 4.38. The molecular weight excluding hydrogens is 375 g/mol. The van der Waals surface area contributed by atoms with E-state index < -0.39 is 17.8 Å². The molecule has 0 saturated carbocycles. The van der Waals surface area contributed by atoms with Gasteiger partial charge in [0, 0.05) is 0 Å². The van der Waals surface area contributed by atoms with Crippen LogP contribution in [-0.2, 0) is 9.59 Å². The molecule has 7 heteroatoms. The second kappa shape index (κ2) is 6.04. The van der Waals surface area contributed by atoms with E-state index >= 15 is 0 Å². The molecule has 1 aliphatic rings. The van der Waals surface area contributed by atoms with E-state index in [-0.39, 0.29) is 5.57 Å². The van der Waals surface area contributed by atoms with Crippen molar-refractivity contribution in [1.82, 2.24) is 10.6 Å². The predicted molar refractivity (Wildman–Crippen MR) is 80.0 cm³/mol. The molecule has 0 atom stereocenters. The molecule has 0 spiro atoms. The van der Waals surface area contributed by atoms with Crippen LogP contribution >= 0.6 is 22.6 Å². The van der Waals surface area contributed by atoms with Gasteiger partial charge in [0.1, 0.15) is 11.3 Å². The molecule has 1 fully saturated rings. The topological polar surface area (TPSA) is 84.5 Å². The number of imide groups is 2. The third-order valence-corrected chi connectivity index (χ3v) is 3.35. The van der Waals surface area contributed by atoms with Gasteiger partial charge in [-0.2, -0.15) is 0 Å². The molecule has 2 rings (SSSR count). The van der Waals surface area contributed by atoms with Gasteiger partial charge in [-0.05, 0) is 53.3 Å². The molecule has 0 aromatic heterocycles. The number of benzene rings is 1. The fraction of sp³-hybridized carbons (Fsp3) is 0.154. The minimum atomic E-state index is -0.807. The minimum absolute atomic E-state index is 0.107. The molecule has 1 heterocycles. The van der Waals surface area contributed by atoms with Crippen molar-refractivity contribution in [2.24, 2.45) is 0 Å². The molecule has 4 amide bonds. The van der Waals surface area contributed by atoms with Crippen LogP contribution in [0.2, 0.25) is 0 Å². The van der Waals surface area contributed by atoms with Crippen molar-refractivity contribution in [2.45, 2.75) is 6.92 Å². The molecule has 0 bridgehead atoms. The third kappa shape index (κ3) is 3.16. The maximum atomic E-state index is 11.6. The Labute approximate surface area is 128 Å². The molecule has 0 aliphatic carbocycles. The van der Waals surface area contributed by atoms with Gasteiger partial charge >= 0.3 is 6.03 Å². The number of halogens is 1. The smallest absolute Gasteiger partial charge is 0.328 e. The predicted octanol–water partition coefficient (Wildman–Crippen LogP) is 1.44. The lowest BCUT2D eigenvalue weighted by molar-refractivity contribution is -0.123. The van der Waals surface area contributed by atoms with Gasteiger partial charge in [-0.15, -0.1) is 0 Å². The Morgan fingerprint density at radius 2 is 1.85 bits per heavy atom. The summed E-state index contributed by atoms with van der Waals surface area (Å²) in [6.45, 7) is 2.45. The van der Waals surface area contributed by atoms with E-state index in [1.807, 2.05) is 17.6 Å². The number of hydrogen-bond acceptors (Lipinski definition) is 4. The summed E-state index contributed by atoms with van der Waals surface area (Å²) in [6, 6.07) is 4.48. The quantitative estimate of drug-likeness (QED) is 0.468. The number of barbiturate groups is 1. The van der Waals surface area contributed by atoms with E-state index in [1.54, 1.807) is 18.2 Å². The van der Waals surface area contributed by atoms with Crippen molar-refractivity contribution in [3.63, 3.8) is 0 Å². The lowest BCUT2D eigenvalue weighted by Gasteiger charge is -2.14. The number of ether oxygens (including phenoxy) is 1. The Hall–Kier alpha value is -1.90. The molecule has 0 unspecified atom stereocenters. The number of urea groups is 1. The molecular formula is C13H11IN2O4. The van der Waals surface area contributed by atoms with Gasteiger partial charge in [-0.3, -0.25) is 20.2 Å². The van der Waals surface area contributed by atoms with Gasteiger partial charge in [0.2, 0.25) is 0 Å². The van der Waals surface area contributed by atoms with Crippen molar-refractivity contribution in [2.75, 3.05) is 6.61 Å². The fourth-order valence-electron chi connectivity index (χ4n) is 1.65. The van der Waals surface area contributed by atoms with Crippen molar-refractivity contribution in [1.29, 1.82) is 0 Å². The lowest BCUT2D eigenvalue weighted by atomic mass is 10.1. The lowest BCUT2D eigenvalue weighted by Crippen LogP contribution is -2.51. The molecule has 1 aromatic rings. The molecule has 20 heavy (non-hydrogen) atoms. The fourth-order valence-corrected chi connectivity index (χ4v) is 2.35. The van der Waals surface area contributed by atoms with E-state index in [0.717, 1.165) is 9.32 Å². The maximum Gasteiger partial charge on any atom is 0.328 e. The van der Waals surface area contributed by atoms with Crippen LogP contribution in [0.1, 0.15) is 12.5 Å². The summed E-state index contributed by atoms with van der Waals surface area (Å²) in [5, 5.41) is 4.04. The third-order valence-electron chi connectivity index (χ3n) is 2.51. The van der Waals surface area contributed by atoms with Crippen LogP contribution in [0.3, 0.4) is 0 Å². The number of hydrogen-bond donors (Lipinski definition) is 2. The van der Waals surface area contributed by atoms with E-state index in [9.17, 15) is 14.4 Å². The first-order chi connectivity index (χ1) is 9.51. The molecule has 6 nitrogen and oxygen atoms in total. The van der Waals surface area contributed by atoms with Gasteiger partial charge in [-0.25, -0.2) is 4.79 Å². The van der Waals surface area contributed by atoms with Gasteiger partial charge in [0.05, 0.1) is 10.2 Å². The van der Waals surface area contributed by atoms with E-state index in [0.29, 0.717) is 12.2 Å². The van der Waals surface area contributed by atoms with Crippen LogP contribution in [0.15, 0.2) is 23.8 Å². The van der Waals surface area contributed by atoms with Crippen molar-refractivity contribution in [3.8, 4) is 5.75 Å². The van der Waals surface area contributed by atoms with E-state index in [4.69, 9.17) is 4.74 Å². The van der Waals surface area contributed by atoms with E-state index in [2.05, 4.69) is 22.6 Å². The molecule has 104 valence electrons. The van der Waals surface area contributed by atoms with Crippen molar-refractivity contribution < 1.29 is 19.1 Å². The Balaban J connectivity index is 2.30. The van der Waals surface area contributed by atoms with Crippen molar-refractivity contribution in [3.05, 3.63) is 32.9 Å². The SMILES string of the molecule is CCOc1ccc(C=C2C(=O)NC(=O)NC2=O)cc1I. The highest BCUT2D eigenvalue weighted by Crippen LogP contribution is 2.23. The van der Waals surface area contributed by atoms with Gasteiger partial charge in [-0.1, -0.05) is 6.07 Å². The first-order valence-electron chi connectivity index (χ1n) is 5.82. The van der Waals surface area contributed by atoms with Gasteiger partial charge < -0.3 is 4.74 Å². The highest BCUT2D eigenvalue weighted by molar-refractivity contribution is 14.1. The summed E-state index contributed by atoms with van der Waals surface area (Å²) in [4.78, 5) is 34.1. The van der Waals surface area contributed by atoms with E-state index in [1.165, 1.54) is 6.08 Å². The number of carbonyl (C=O) groups is 3. The molecule has 0 radical (unpaired) electrons. The number of amides is 4. The summed E-state index contributed by atoms with van der Waals surface area (Å²) < 4.78 is 6.27. The second-order valence-electron chi connectivity index (χ2n) is 3.92. The molecule has 1 aromatic carbocycles. The van der Waals surface area contributed by atoms with Crippen LogP contribution in [0.5, 0.6) is 5.75 Å². The molecule has 2 N–H and O–H groups in total. The average molecular weight is 386 g/mol.